The molecule has 8 rings (SSSR count). The normalized spacial score (nSPS) is 15.4. The van der Waals surface area contributed by atoms with Crippen LogP contribution in [-0.2, 0) is 0 Å². The van der Waals surface area contributed by atoms with Crippen molar-refractivity contribution in [2.45, 2.75) is 20.0 Å². The van der Waals surface area contributed by atoms with Crippen LogP contribution in [0.4, 0.5) is 17.1 Å². The van der Waals surface area contributed by atoms with Gasteiger partial charge in [0.2, 0.25) is 0 Å². The van der Waals surface area contributed by atoms with Gasteiger partial charge in [-0.15, -0.1) is 0 Å². The minimum absolute atomic E-state index is 0.0119. The Morgan fingerprint density at radius 2 is 1.26 bits per heavy atom. The molecule has 42 heavy (non-hydrogen) atoms. The van der Waals surface area contributed by atoms with Crippen molar-refractivity contribution in [1.82, 2.24) is 4.57 Å². The molecule has 0 radical (unpaired) electrons. The van der Waals surface area contributed by atoms with Gasteiger partial charge in [-0.1, -0.05) is 110 Å². The largest absolute Gasteiger partial charge is 0.319 e. The lowest BCUT2D eigenvalue weighted by molar-refractivity contribution is 0.737. The third kappa shape index (κ3) is 3.22. The van der Waals surface area contributed by atoms with Crippen molar-refractivity contribution in [3.63, 3.8) is 0 Å². The van der Waals surface area contributed by atoms with Crippen molar-refractivity contribution in [1.29, 1.82) is 0 Å². The quantitative estimate of drug-likeness (QED) is 0.207. The van der Waals surface area contributed by atoms with E-state index in [1.165, 1.54) is 49.7 Å². The Hall–Kier alpha value is -5.28. The van der Waals surface area contributed by atoms with Gasteiger partial charge in [0, 0.05) is 27.6 Å². The van der Waals surface area contributed by atoms with E-state index in [-0.39, 0.29) is 6.17 Å². The summed E-state index contributed by atoms with van der Waals surface area (Å²) in [7, 11) is 0. The maximum atomic E-state index is 4.58. The van der Waals surface area contributed by atoms with Crippen LogP contribution >= 0.6 is 0 Å². The molecule has 6 aromatic rings. The number of anilines is 3. The van der Waals surface area contributed by atoms with E-state index in [4.69, 9.17) is 0 Å². The Morgan fingerprint density at radius 1 is 0.667 bits per heavy atom. The molecular weight excluding hydrogens is 510 g/mol. The van der Waals surface area contributed by atoms with E-state index in [2.05, 4.69) is 151 Å². The van der Waals surface area contributed by atoms with Gasteiger partial charge in [-0.3, -0.25) is 0 Å². The lowest BCUT2D eigenvalue weighted by atomic mass is 9.91. The van der Waals surface area contributed by atoms with E-state index in [1.807, 2.05) is 12.2 Å². The van der Waals surface area contributed by atoms with Crippen molar-refractivity contribution in [3.05, 3.63) is 146 Å². The molecule has 0 spiro atoms. The van der Waals surface area contributed by atoms with Gasteiger partial charge in [-0.05, 0) is 54.8 Å². The summed E-state index contributed by atoms with van der Waals surface area (Å²) in [5.41, 5.74) is 14.1. The van der Waals surface area contributed by atoms with Crippen molar-refractivity contribution in [3.8, 4) is 27.9 Å². The summed E-state index contributed by atoms with van der Waals surface area (Å²) in [6.07, 6.45) is 3.87. The first-order valence-electron chi connectivity index (χ1n) is 14.5. The zero-order valence-electron chi connectivity index (χ0n) is 23.9. The molecule has 3 nitrogen and oxygen atoms in total. The Bertz CT molecular complexity index is 2130. The molecule has 0 N–H and O–H groups in total. The van der Waals surface area contributed by atoms with Crippen molar-refractivity contribution in [2.24, 2.45) is 0 Å². The second kappa shape index (κ2) is 9.12. The minimum Gasteiger partial charge on any atom is -0.319 e. The second-order valence-electron chi connectivity index (χ2n) is 11.2. The molecule has 1 aromatic heterocycles. The molecule has 0 unspecified atom stereocenters. The van der Waals surface area contributed by atoms with Crippen LogP contribution in [0.2, 0.25) is 0 Å². The summed E-state index contributed by atoms with van der Waals surface area (Å²) in [6.45, 7) is 12.9. The maximum Gasteiger partial charge on any atom is 0.108 e. The van der Waals surface area contributed by atoms with Gasteiger partial charge in [0.25, 0.3) is 0 Å². The topological polar surface area (TPSA) is 11.4 Å². The van der Waals surface area contributed by atoms with Crippen LogP contribution in [0.15, 0.2) is 146 Å². The highest BCUT2D eigenvalue weighted by molar-refractivity contribution is 6.16. The van der Waals surface area contributed by atoms with E-state index in [9.17, 15) is 0 Å². The predicted molar refractivity (Wildman–Crippen MR) is 179 cm³/mol. The first-order chi connectivity index (χ1) is 20.6. The smallest absolute Gasteiger partial charge is 0.108 e. The lowest BCUT2D eigenvalue weighted by Crippen LogP contribution is -2.38. The van der Waals surface area contributed by atoms with E-state index >= 15 is 0 Å². The van der Waals surface area contributed by atoms with E-state index in [1.54, 1.807) is 0 Å². The van der Waals surface area contributed by atoms with E-state index in [0.29, 0.717) is 0 Å². The summed E-state index contributed by atoms with van der Waals surface area (Å²) in [5, 5.41) is 2.52. The van der Waals surface area contributed by atoms with Gasteiger partial charge >= 0.3 is 0 Å². The molecule has 2 aliphatic heterocycles. The van der Waals surface area contributed by atoms with Crippen LogP contribution < -0.4 is 9.80 Å². The van der Waals surface area contributed by atoms with Crippen LogP contribution in [-0.4, -0.2) is 10.7 Å². The van der Waals surface area contributed by atoms with Crippen LogP contribution in [0, 0.1) is 0 Å². The Kier molecular flexibility index (Phi) is 5.32. The lowest BCUT2D eigenvalue weighted by Gasteiger charge is -2.33. The molecule has 0 aliphatic carbocycles. The molecule has 5 aromatic carbocycles. The van der Waals surface area contributed by atoms with Gasteiger partial charge in [0.1, 0.15) is 6.17 Å². The first-order valence-corrected chi connectivity index (χ1v) is 14.5. The summed E-state index contributed by atoms with van der Waals surface area (Å²) in [6, 6.07) is 39.9. The number of benzene rings is 5. The van der Waals surface area contributed by atoms with Crippen molar-refractivity contribution < 1.29 is 0 Å². The van der Waals surface area contributed by atoms with Gasteiger partial charge in [-0.25, -0.2) is 0 Å². The highest BCUT2D eigenvalue weighted by Crippen LogP contribution is 2.55. The number of allylic oxidation sites excluding steroid dienone is 3. The number of fused-ring (bicyclic) bond motifs is 9. The molecule has 0 amide bonds. The summed E-state index contributed by atoms with van der Waals surface area (Å²) in [5.74, 6) is 0. The van der Waals surface area contributed by atoms with Crippen molar-refractivity contribution in [2.75, 3.05) is 9.80 Å². The molecule has 3 heteroatoms. The molecule has 0 saturated carbocycles. The first kappa shape index (κ1) is 24.5. The third-order valence-electron chi connectivity index (χ3n) is 8.96. The minimum atomic E-state index is -0.0119. The second-order valence-corrected chi connectivity index (χ2v) is 11.2. The number of hydrogen-bond donors (Lipinski definition) is 0. The number of aromatic nitrogens is 1. The SMILES string of the molecule is C=C/C=C(/C)C(=C)N1c2cccc3c2N(c2ccccc2-n2c4ccccc4c4cccc(c42)-c2ccccc2-3)[C@@H]1C. The molecule has 3 heterocycles. The predicted octanol–water partition coefficient (Wildman–Crippen LogP) is 10.4. The van der Waals surface area contributed by atoms with Crippen LogP contribution in [0.5, 0.6) is 0 Å². The van der Waals surface area contributed by atoms with E-state index < -0.39 is 0 Å². The molecule has 0 saturated heterocycles. The van der Waals surface area contributed by atoms with Crippen LogP contribution in [0.1, 0.15) is 13.8 Å². The Morgan fingerprint density at radius 3 is 2.07 bits per heavy atom. The number of hydrogen-bond acceptors (Lipinski definition) is 2. The van der Waals surface area contributed by atoms with Gasteiger partial charge < -0.3 is 14.4 Å². The van der Waals surface area contributed by atoms with Crippen LogP contribution in [0.25, 0.3) is 49.7 Å². The third-order valence-corrected chi connectivity index (χ3v) is 8.96. The Balaban J connectivity index is 1.57. The fraction of sp³-hybridized carbons (Fsp3) is 0.0769. The average molecular weight is 542 g/mol. The standard InChI is InChI=1S/C39H31N3/c1-5-14-25(2)26(3)40-27(4)41-35-22-10-11-23-36(35)42-34-21-9-8-17-30(34)33-19-12-18-31(38(33)42)28-15-6-7-16-29(28)32-20-13-24-37(40)39(32)41/h5-24,27H,1,3H2,2,4H3/b25-14-/t27-/m1/s1. The zero-order chi connectivity index (χ0) is 28.5. The number of para-hydroxylation sites is 5. The summed E-state index contributed by atoms with van der Waals surface area (Å²) < 4.78 is 2.48. The van der Waals surface area contributed by atoms with Crippen LogP contribution in [0.3, 0.4) is 0 Å². The maximum absolute atomic E-state index is 4.58. The van der Waals surface area contributed by atoms with Gasteiger partial charge in [-0.2, -0.15) is 0 Å². The molecule has 2 aliphatic rings. The molecular formula is C39H31N3. The zero-order valence-corrected chi connectivity index (χ0v) is 23.9. The summed E-state index contributed by atoms with van der Waals surface area (Å²) in [4.78, 5) is 4.89. The number of rotatable bonds is 3. The summed E-state index contributed by atoms with van der Waals surface area (Å²) >= 11 is 0. The van der Waals surface area contributed by atoms with Gasteiger partial charge in [0.15, 0.2) is 0 Å². The van der Waals surface area contributed by atoms with E-state index in [0.717, 1.165) is 28.3 Å². The average Bonchev–Trinajstić information content (AvgIpc) is 3.52. The fourth-order valence-corrected chi connectivity index (χ4v) is 7.15. The highest BCUT2D eigenvalue weighted by atomic mass is 15.4. The monoisotopic (exact) mass is 541 g/mol. The molecule has 1 atom stereocenters. The molecule has 202 valence electrons. The fourth-order valence-electron chi connectivity index (χ4n) is 7.15. The molecule has 0 fully saturated rings. The van der Waals surface area contributed by atoms with Gasteiger partial charge in [0.05, 0.1) is 33.8 Å². The molecule has 0 bridgehead atoms. The number of nitrogens with zero attached hydrogens (tertiary/aromatic N) is 3. The highest BCUT2D eigenvalue weighted by Gasteiger charge is 2.39. The van der Waals surface area contributed by atoms with Crippen molar-refractivity contribution >= 4 is 38.9 Å². The Labute approximate surface area is 246 Å².